The Kier molecular flexibility index (Phi) is 3.56. The van der Waals surface area contributed by atoms with Crippen LogP contribution in [0.15, 0.2) is 12.3 Å². The van der Waals surface area contributed by atoms with Crippen LogP contribution in [0, 0.1) is 23.0 Å². The fourth-order valence-corrected chi connectivity index (χ4v) is 2.78. The lowest BCUT2D eigenvalue weighted by Gasteiger charge is -2.30. The molecule has 0 spiro atoms. The predicted molar refractivity (Wildman–Crippen MR) is 74.7 cm³/mol. The summed E-state index contributed by atoms with van der Waals surface area (Å²) in [6.07, 6.45) is 6.23. The molecular formula is C14H19N3O3. The van der Waals surface area contributed by atoms with Gasteiger partial charge >= 0.3 is 0 Å². The van der Waals surface area contributed by atoms with Crippen LogP contribution in [0.25, 0.3) is 0 Å². The average molecular weight is 277 g/mol. The summed E-state index contributed by atoms with van der Waals surface area (Å²) in [5.41, 5.74) is 0.705. The third-order valence-electron chi connectivity index (χ3n) is 4.09. The lowest BCUT2D eigenvalue weighted by Crippen LogP contribution is -2.35. The van der Waals surface area contributed by atoms with Gasteiger partial charge in [0.15, 0.2) is 0 Å². The summed E-state index contributed by atoms with van der Waals surface area (Å²) in [5.74, 6) is 1.46. The first-order valence-corrected chi connectivity index (χ1v) is 7.12. The Labute approximate surface area is 117 Å². The number of nitrogens with zero attached hydrogens (tertiary/aromatic N) is 2. The summed E-state index contributed by atoms with van der Waals surface area (Å²) in [7, 11) is 0. The normalized spacial score (nSPS) is 26.2. The molecule has 6 heteroatoms. The van der Waals surface area contributed by atoms with Crippen LogP contribution in [0.2, 0.25) is 0 Å². The first-order valence-electron chi connectivity index (χ1n) is 7.12. The van der Waals surface area contributed by atoms with E-state index >= 15 is 0 Å². The Hall–Kier alpha value is -1.69. The van der Waals surface area contributed by atoms with E-state index in [9.17, 15) is 10.1 Å². The average Bonchev–Trinajstić information content (AvgIpc) is 3.23. The molecule has 1 aromatic rings. The van der Waals surface area contributed by atoms with Gasteiger partial charge in [-0.2, -0.15) is 0 Å². The van der Waals surface area contributed by atoms with Crippen molar-refractivity contribution in [3.05, 3.63) is 27.9 Å². The molecule has 1 saturated carbocycles. The van der Waals surface area contributed by atoms with Crippen molar-refractivity contribution in [1.82, 2.24) is 4.98 Å². The molecule has 3 rings (SSSR count). The molecule has 1 N–H and O–H groups in total. The van der Waals surface area contributed by atoms with Crippen molar-refractivity contribution >= 4 is 11.5 Å². The van der Waals surface area contributed by atoms with Crippen molar-refractivity contribution in [2.45, 2.75) is 44.8 Å². The second-order valence-electron chi connectivity index (χ2n) is 5.73. The zero-order chi connectivity index (χ0) is 14.1. The predicted octanol–water partition coefficient (Wildman–Crippen LogP) is 2.67. The molecule has 1 saturated heterocycles. The highest BCUT2D eigenvalue weighted by Gasteiger charge is 2.35. The van der Waals surface area contributed by atoms with Gasteiger partial charge in [0, 0.05) is 18.2 Å². The van der Waals surface area contributed by atoms with Gasteiger partial charge < -0.3 is 10.1 Å². The quantitative estimate of drug-likeness (QED) is 0.676. The molecule has 2 aliphatic rings. The Balaban J connectivity index is 1.64. The van der Waals surface area contributed by atoms with Crippen LogP contribution in [0.4, 0.5) is 11.5 Å². The van der Waals surface area contributed by atoms with E-state index in [-0.39, 0.29) is 5.69 Å². The van der Waals surface area contributed by atoms with Crippen molar-refractivity contribution in [3.8, 4) is 0 Å². The molecule has 20 heavy (non-hydrogen) atoms. The van der Waals surface area contributed by atoms with Gasteiger partial charge in [-0.15, -0.1) is 0 Å². The van der Waals surface area contributed by atoms with Gasteiger partial charge in [0.2, 0.25) is 0 Å². The number of ether oxygens (including phenoxy) is 1. The highest BCUT2D eigenvalue weighted by molar-refractivity contribution is 5.47. The second kappa shape index (κ2) is 5.36. The molecule has 6 nitrogen and oxygen atoms in total. The lowest BCUT2D eigenvalue weighted by atomic mass is 10.00. The van der Waals surface area contributed by atoms with Crippen molar-refractivity contribution < 1.29 is 9.66 Å². The van der Waals surface area contributed by atoms with Crippen molar-refractivity contribution in [2.75, 3.05) is 11.9 Å². The standard InChI is InChI=1S/C14H19N3O3/c1-9-6-14(15-8-12(9)17(18)19)16-11-4-5-20-13(7-11)10-2-3-10/h6,8,10-11,13H,2-5,7H2,1H3,(H,15,16). The molecule has 0 aromatic carbocycles. The van der Waals surface area contributed by atoms with Crippen molar-refractivity contribution in [1.29, 1.82) is 0 Å². The number of hydrogen-bond acceptors (Lipinski definition) is 5. The monoisotopic (exact) mass is 277 g/mol. The maximum Gasteiger partial charge on any atom is 0.290 e. The zero-order valence-corrected chi connectivity index (χ0v) is 11.5. The van der Waals surface area contributed by atoms with Gasteiger partial charge in [0.25, 0.3) is 5.69 Å². The smallest absolute Gasteiger partial charge is 0.290 e. The van der Waals surface area contributed by atoms with Crippen LogP contribution < -0.4 is 5.32 Å². The second-order valence-corrected chi connectivity index (χ2v) is 5.73. The molecule has 0 radical (unpaired) electrons. The molecule has 0 amide bonds. The maximum atomic E-state index is 10.8. The number of aromatic nitrogens is 1. The number of aryl methyl sites for hydroxylation is 1. The molecule has 108 valence electrons. The van der Waals surface area contributed by atoms with E-state index in [1.807, 2.05) is 0 Å². The summed E-state index contributed by atoms with van der Waals surface area (Å²) < 4.78 is 5.79. The minimum absolute atomic E-state index is 0.0679. The largest absolute Gasteiger partial charge is 0.378 e. The summed E-state index contributed by atoms with van der Waals surface area (Å²) in [5, 5.41) is 14.2. The van der Waals surface area contributed by atoms with E-state index in [0.717, 1.165) is 31.2 Å². The lowest BCUT2D eigenvalue weighted by molar-refractivity contribution is -0.385. The molecule has 1 aliphatic carbocycles. The summed E-state index contributed by atoms with van der Waals surface area (Å²) in [4.78, 5) is 14.5. The molecular weight excluding hydrogens is 258 g/mol. The highest BCUT2D eigenvalue weighted by Crippen LogP contribution is 2.38. The van der Waals surface area contributed by atoms with Gasteiger partial charge in [-0.05, 0) is 44.6 Å². The van der Waals surface area contributed by atoms with Gasteiger partial charge in [0.05, 0.1) is 11.0 Å². The number of nitrogens with one attached hydrogen (secondary N) is 1. The number of rotatable bonds is 4. The minimum atomic E-state index is -0.399. The Morgan fingerprint density at radius 3 is 2.90 bits per heavy atom. The summed E-state index contributed by atoms with van der Waals surface area (Å²) in [6, 6.07) is 2.10. The molecule has 2 unspecified atom stereocenters. The topological polar surface area (TPSA) is 77.3 Å². The Morgan fingerprint density at radius 2 is 2.25 bits per heavy atom. The van der Waals surface area contributed by atoms with Crippen LogP contribution in [-0.4, -0.2) is 28.7 Å². The van der Waals surface area contributed by atoms with E-state index in [1.165, 1.54) is 19.0 Å². The van der Waals surface area contributed by atoms with E-state index in [2.05, 4.69) is 10.3 Å². The Bertz CT molecular complexity index is 516. The van der Waals surface area contributed by atoms with Crippen molar-refractivity contribution in [2.24, 2.45) is 5.92 Å². The number of hydrogen-bond donors (Lipinski definition) is 1. The van der Waals surface area contributed by atoms with Gasteiger partial charge in [0.1, 0.15) is 12.0 Å². The minimum Gasteiger partial charge on any atom is -0.378 e. The van der Waals surface area contributed by atoms with Gasteiger partial charge in [-0.1, -0.05) is 0 Å². The van der Waals surface area contributed by atoms with E-state index in [0.29, 0.717) is 17.7 Å². The van der Waals surface area contributed by atoms with Crippen LogP contribution in [0.3, 0.4) is 0 Å². The third kappa shape index (κ3) is 2.90. The van der Waals surface area contributed by atoms with Crippen molar-refractivity contribution in [3.63, 3.8) is 0 Å². The molecule has 0 bridgehead atoms. The van der Waals surface area contributed by atoms with E-state index in [4.69, 9.17) is 4.74 Å². The van der Waals surface area contributed by atoms with E-state index < -0.39 is 4.92 Å². The van der Waals surface area contributed by atoms with Gasteiger partial charge in [-0.25, -0.2) is 4.98 Å². The first-order chi connectivity index (χ1) is 9.63. The van der Waals surface area contributed by atoms with E-state index in [1.54, 1.807) is 13.0 Å². The number of anilines is 1. The molecule has 1 aromatic heterocycles. The van der Waals surface area contributed by atoms with Crippen LogP contribution in [0.1, 0.15) is 31.2 Å². The Morgan fingerprint density at radius 1 is 1.45 bits per heavy atom. The highest BCUT2D eigenvalue weighted by atomic mass is 16.6. The van der Waals surface area contributed by atoms with Crippen LogP contribution in [-0.2, 0) is 4.74 Å². The molecule has 2 atom stereocenters. The molecule has 2 heterocycles. The SMILES string of the molecule is Cc1cc(NC2CCOC(C3CC3)C2)ncc1[N+](=O)[O-]. The van der Waals surface area contributed by atoms with Crippen LogP contribution >= 0.6 is 0 Å². The number of pyridine rings is 1. The first kappa shape index (κ1) is 13.3. The third-order valence-corrected chi connectivity index (χ3v) is 4.09. The summed E-state index contributed by atoms with van der Waals surface area (Å²) in [6.45, 7) is 2.52. The maximum absolute atomic E-state index is 10.8. The zero-order valence-electron chi connectivity index (χ0n) is 11.5. The van der Waals surface area contributed by atoms with Gasteiger partial charge in [-0.3, -0.25) is 10.1 Å². The summed E-state index contributed by atoms with van der Waals surface area (Å²) >= 11 is 0. The molecule has 1 aliphatic heterocycles. The van der Waals surface area contributed by atoms with Crippen LogP contribution in [0.5, 0.6) is 0 Å². The fraction of sp³-hybridized carbons (Fsp3) is 0.643. The fourth-order valence-electron chi connectivity index (χ4n) is 2.78. The molecule has 2 fully saturated rings. The number of nitro groups is 1.